The molecule has 0 saturated heterocycles. The number of hydrogen-bond acceptors (Lipinski definition) is 5. The molecule has 0 atom stereocenters. The summed E-state index contributed by atoms with van der Waals surface area (Å²) in [6.45, 7) is 11.5. The molecule has 0 fully saturated rings. The van der Waals surface area contributed by atoms with Gasteiger partial charge in [-0.15, -0.1) is 0 Å². The number of ether oxygens (including phenoxy) is 1. The van der Waals surface area contributed by atoms with E-state index in [-0.39, 0.29) is 0 Å². The van der Waals surface area contributed by atoms with E-state index in [1.165, 1.54) is 0 Å². The van der Waals surface area contributed by atoms with Gasteiger partial charge >= 0.3 is 0 Å². The average molecular weight is 266 g/mol. The fraction of sp³-hybridized carbons (Fsp3) is 0.714. The van der Waals surface area contributed by atoms with Crippen LogP contribution in [0, 0.1) is 13.8 Å². The van der Waals surface area contributed by atoms with Gasteiger partial charge in [0.05, 0.1) is 0 Å². The first-order chi connectivity index (χ1) is 9.19. The van der Waals surface area contributed by atoms with E-state index in [0.29, 0.717) is 0 Å². The van der Waals surface area contributed by atoms with Gasteiger partial charge in [-0.25, -0.2) is 9.97 Å². The van der Waals surface area contributed by atoms with Gasteiger partial charge in [-0.2, -0.15) is 0 Å². The van der Waals surface area contributed by atoms with E-state index >= 15 is 0 Å². The van der Waals surface area contributed by atoms with Crippen LogP contribution in [0.1, 0.15) is 38.1 Å². The summed E-state index contributed by atoms with van der Waals surface area (Å²) in [5.74, 6) is 2.62. The van der Waals surface area contributed by atoms with E-state index in [1.54, 1.807) is 0 Å². The lowest BCUT2D eigenvalue weighted by atomic mass is 10.3. The van der Waals surface area contributed by atoms with Crippen LogP contribution >= 0.6 is 0 Å². The second-order valence-electron chi connectivity index (χ2n) is 4.52. The Morgan fingerprint density at radius 2 is 1.68 bits per heavy atom. The van der Waals surface area contributed by atoms with Crippen molar-refractivity contribution in [3.05, 3.63) is 11.4 Å². The Balaban J connectivity index is 2.48. The van der Waals surface area contributed by atoms with Gasteiger partial charge < -0.3 is 15.4 Å². The molecule has 0 aromatic carbocycles. The highest BCUT2D eigenvalue weighted by molar-refractivity contribution is 5.57. The second kappa shape index (κ2) is 8.69. The van der Waals surface area contributed by atoms with E-state index in [4.69, 9.17) is 4.74 Å². The van der Waals surface area contributed by atoms with E-state index in [2.05, 4.69) is 34.4 Å². The normalized spacial score (nSPS) is 10.5. The predicted molar refractivity (Wildman–Crippen MR) is 79.9 cm³/mol. The summed E-state index contributed by atoms with van der Waals surface area (Å²) in [5.41, 5.74) is 1.07. The highest BCUT2D eigenvalue weighted by Gasteiger charge is 2.07. The third-order valence-corrected chi connectivity index (χ3v) is 2.71. The van der Waals surface area contributed by atoms with Gasteiger partial charge in [0.25, 0.3) is 0 Å². The minimum absolute atomic E-state index is 0.784. The number of anilines is 2. The molecular formula is C14H26N4O. The smallest absolute Gasteiger partial charge is 0.134 e. The maximum atomic E-state index is 5.45. The molecule has 1 aromatic heterocycles. The minimum atomic E-state index is 0.784. The molecule has 5 heteroatoms. The number of hydrogen-bond donors (Lipinski definition) is 2. The SMILES string of the molecule is CCCOCCCNc1nc(C)nc(NCC)c1C. The molecule has 0 spiro atoms. The van der Waals surface area contributed by atoms with Gasteiger partial charge in [0, 0.05) is 31.9 Å². The summed E-state index contributed by atoms with van der Waals surface area (Å²) >= 11 is 0. The van der Waals surface area contributed by atoms with Crippen molar-refractivity contribution >= 4 is 11.6 Å². The Kier molecular flexibility index (Phi) is 7.18. The lowest BCUT2D eigenvalue weighted by molar-refractivity contribution is 0.134. The van der Waals surface area contributed by atoms with Gasteiger partial charge in [0.15, 0.2) is 0 Å². The number of rotatable bonds is 9. The van der Waals surface area contributed by atoms with E-state index in [0.717, 1.165) is 62.2 Å². The van der Waals surface area contributed by atoms with Crippen molar-refractivity contribution in [2.24, 2.45) is 0 Å². The summed E-state index contributed by atoms with van der Waals surface area (Å²) in [5, 5.41) is 6.62. The Hall–Kier alpha value is -1.36. The largest absolute Gasteiger partial charge is 0.381 e. The van der Waals surface area contributed by atoms with Crippen LogP contribution in [0.4, 0.5) is 11.6 Å². The molecule has 1 aromatic rings. The quantitative estimate of drug-likeness (QED) is 0.673. The first-order valence-corrected chi connectivity index (χ1v) is 7.09. The van der Waals surface area contributed by atoms with Crippen molar-refractivity contribution in [3.8, 4) is 0 Å². The van der Waals surface area contributed by atoms with Crippen molar-refractivity contribution in [1.82, 2.24) is 9.97 Å². The Morgan fingerprint density at radius 3 is 2.32 bits per heavy atom. The number of aryl methyl sites for hydroxylation is 1. The molecule has 0 saturated carbocycles. The molecule has 2 N–H and O–H groups in total. The first kappa shape index (κ1) is 15.7. The standard InChI is InChI=1S/C14H26N4O/c1-5-9-19-10-7-8-16-14-11(3)13(15-6-2)17-12(4)18-14/h5-10H2,1-4H3,(H2,15,16,17,18). The zero-order chi connectivity index (χ0) is 14.1. The highest BCUT2D eigenvalue weighted by atomic mass is 16.5. The summed E-state index contributed by atoms with van der Waals surface area (Å²) in [7, 11) is 0. The van der Waals surface area contributed by atoms with Crippen LogP contribution in [0.2, 0.25) is 0 Å². The van der Waals surface area contributed by atoms with Crippen LogP contribution in [-0.2, 0) is 4.74 Å². The number of nitrogens with one attached hydrogen (secondary N) is 2. The number of nitrogens with zero attached hydrogens (tertiary/aromatic N) is 2. The molecule has 19 heavy (non-hydrogen) atoms. The van der Waals surface area contributed by atoms with Crippen molar-refractivity contribution in [3.63, 3.8) is 0 Å². The van der Waals surface area contributed by atoms with Gasteiger partial charge in [-0.05, 0) is 33.6 Å². The number of aromatic nitrogens is 2. The molecule has 0 radical (unpaired) electrons. The fourth-order valence-corrected chi connectivity index (χ4v) is 1.77. The summed E-state index contributed by atoms with van der Waals surface area (Å²) < 4.78 is 5.45. The Bertz CT molecular complexity index is 382. The lowest BCUT2D eigenvalue weighted by Crippen LogP contribution is -2.12. The maximum Gasteiger partial charge on any atom is 0.134 e. The predicted octanol–water partition coefficient (Wildman–Crippen LogP) is 2.75. The first-order valence-electron chi connectivity index (χ1n) is 7.09. The summed E-state index contributed by atoms with van der Waals surface area (Å²) in [6.07, 6.45) is 2.06. The lowest BCUT2D eigenvalue weighted by Gasteiger charge is -2.13. The Morgan fingerprint density at radius 1 is 1.00 bits per heavy atom. The second-order valence-corrected chi connectivity index (χ2v) is 4.52. The van der Waals surface area contributed by atoms with Gasteiger partial charge in [0.2, 0.25) is 0 Å². The van der Waals surface area contributed by atoms with Gasteiger partial charge in [-0.3, -0.25) is 0 Å². The van der Waals surface area contributed by atoms with E-state index in [9.17, 15) is 0 Å². The third kappa shape index (κ3) is 5.42. The zero-order valence-electron chi connectivity index (χ0n) is 12.5. The van der Waals surface area contributed by atoms with Crippen molar-refractivity contribution in [2.75, 3.05) is 36.9 Å². The van der Waals surface area contributed by atoms with Crippen molar-refractivity contribution < 1.29 is 4.74 Å². The summed E-state index contributed by atoms with van der Waals surface area (Å²) in [4.78, 5) is 8.85. The molecule has 0 aliphatic heterocycles. The van der Waals surface area contributed by atoms with Crippen LogP contribution in [0.25, 0.3) is 0 Å². The molecular weight excluding hydrogens is 240 g/mol. The average Bonchev–Trinajstić information content (AvgIpc) is 2.39. The Labute approximate surface area is 116 Å². The molecule has 5 nitrogen and oxygen atoms in total. The van der Waals surface area contributed by atoms with Crippen LogP contribution in [-0.4, -0.2) is 36.3 Å². The minimum Gasteiger partial charge on any atom is -0.381 e. The monoisotopic (exact) mass is 266 g/mol. The third-order valence-electron chi connectivity index (χ3n) is 2.71. The van der Waals surface area contributed by atoms with Crippen LogP contribution in [0.5, 0.6) is 0 Å². The molecule has 1 rings (SSSR count). The molecule has 108 valence electrons. The summed E-state index contributed by atoms with van der Waals surface area (Å²) in [6, 6.07) is 0. The van der Waals surface area contributed by atoms with E-state index in [1.807, 2.05) is 13.8 Å². The van der Waals surface area contributed by atoms with Crippen LogP contribution in [0.3, 0.4) is 0 Å². The maximum absolute atomic E-state index is 5.45. The molecule has 0 amide bonds. The van der Waals surface area contributed by atoms with Crippen molar-refractivity contribution in [2.45, 2.75) is 40.5 Å². The molecule has 1 heterocycles. The van der Waals surface area contributed by atoms with Gasteiger partial charge in [0.1, 0.15) is 17.5 Å². The molecule has 0 aliphatic rings. The fourth-order valence-electron chi connectivity index (χ4n) is 1.77. The van der Waals surface area contributed by atoms with Crippen molar-refractivity contribution in [1.29, 1.82) is 0 Å². The van der Waals surface area contributed by atoms with Crippen LogP contribution in [0.15, 0.2) is 0 Å². The van der Waals surface area contributed by atoms with Crippen LogP contribution < -0.4 is 10.6 Å². The highest BCUT2D eigenvalue weighted by Crippen LogP contribution is 2.19. The topological polar surface area (TPSA) is 59.1 Å². The molecule has 0 aliphatic carbocycles. The van der Waals surface area contributed by atoms with Gasteiger partial charge in [-0.1, -0.05) is 6.92 Å². The van der Waals surface area contributed by atoms with E-state index < -0.39 is 0 Å². The molecule has 0 unspecified atom stereocenters. The molecule has 0 bridgehead atoms. The zero-order valence-corrected chi connectivity index (χ0v) is 12.5.